The van der Waals surface area contributed by atoms with Crippen molar-refractivity contribution in [2.24, 2.45) is 0 Å². The van der Waals surface area contributed by atoms with Gasteiger partial charge in [-0.15, -0.1) is 0 Å². The molecule has 0 radical (unpaired) electrons. The SMILES string of the molecule is CCCCS(=O)(=O)Nc1c(Oc2ccc(OC3CCNCC3)cc2)cccc1C(C)C(=O)O. The molecule has 0 amide bonds. The summed E-state index contributed by atoms with van der Waals surface area (Å²) in [6.07, 6.45) is 3.31. The van der Waals surface area contributed by atoms with E-state index in [9.17, 15) is 18.3 Å². The van der Waals surface area contributed by atoms with Crippen molar-refractivity contribution in [1.82, 2.24) is 5.32 Å². The molecule has 1 fully saturated rings. The van der Waals surface area contributed by atoms with Crippen molar-refractivity contribution in [3.05, 3.63) is 48.0 Å². The van der Waals surface area contributed by atoms with Gasteiger partial charge < -0.3 is 19.9 Å². The third-order valence-corrected chi connectivity index (χ3v) is 6.90. The second-order valence-corrected chi connectivity index (χ2v) is 10.0. The van der Waals surface area contributed by atoms with Crippen molar-refractivity contribution in [2.75, 3.05) is 23.6 Å². The molecule has 33 heavy (non-hydrogen) atoms. The van der Waals surface area contributed by atoms with Crippen LogP contribution >= 0.6 is 0 Å². The van der Waals surface area contributed by atoms with Crippen LogP contribution in [0, 0.1) is 0 Å². The molecule has 2 aromatic rings. The summed E-state index contributed by atoms with van der Waals surface area (Å²) in [4.78, 5) is 11.6. The van der Waals surface area contributed by atoms with E-state index in [4.69, 9.17) is 9.47 Å². The van der Waals surface area contributed by atoms with Gasteiger partial charge in [0.05, 0.1) is 17.4 Å². The van der Waals surface area contributed by atoms with Crippen LogP contribution in [0.25, 0.3) is 0 Å². The maximum absolute atomic E-state index is 12.6. The molecule has 1 unspecified atom stereocenters. The van der Waals surface area contributed by atoms with Gasteiger partial charge in [0.25, 0.3) is 0 Å². The highest BCUT2D eigenvalue weighted by Gasteiger charge is 2.24. The Morgan fingerprint density at radius 1 is 1.15 bits per heavy atom. The summed E-state index contributed by atoms with van der Waals surface area (Å²) >= 11 is 0. The Morgan fingerprint density at radius 2 is 1.82 bits per heavy atom. The zero-order valence-electron chi connectivity index (χ0n) is 19.0. The third-order valence-electron chi connectivity index (χ3n) is 5.56. The highest BCUT2D eigenvalue weighted by Crippen LogP contribution is 2.37. The molecule has 3 N–H and O–H groups in total. The molecular weight excluding hydrogens is 444 g/mol. The van der Waals surface area contributed by atoms with Gasteiger partial charge in [0.1, 0.15) is 17.6 Å². The minimum Gasteiger partial charge on any atom is -0.490 e. The molecule has 1 heterocycles. The zero-order valence-corrected chi connectivity index (χ0v) is 19.9. The Morgan fingerprint density at radius 3 is 2.45 bits per heavy atom. The highest BCUT2D eigenvalue weighted by atomic mass is 32.2. The Hall–Kier alpha value is -2.78. The number of benzene rings is 2. The van der Waals surface area contributed by atoms with Crippen LogP contribution < -0.4 is 19.5 Å². The van der Waals surface area contributed by atoms with Crippen molar-refractivity contribution in [2.45, 2.75) is 51.6 Å². The summed E-state index contributed by atoms with van der Waals surface area (Å²) in [5, 5.41) is 12.8. The fourth-order valence-electron chi connectivity index (χ4n) is 3.60. The van der Waals surface area contributed by atoms with E-state index in [0.29, 0.717) is 17.7 Å². The summed E-state index contributed by atoms with van der Waals surface area (Å²) < 4.78 is 39.8. The Bertz CT molecular complexity index is 1030. The number of carbonyl (C=O) groups is 1. The van der Waals surface area contributed by atoms with Crippen LogP contribution in [-0.2, 0) is 14.8 Å². The normalized spacial score (nSPS) is 15.6. The van der Waals surface area contributed by atoms with Gasteiger partial charge in [-0.2, -0.15) is 0 Å². The second kappa shape index (κ2) is 11.4. The summed E-state index contributed by atoms with van der Waals surface area (Å²) in [5.41, 5.74) is 0.490. The Labute approximate surface area is 195 Å². The minimum atomic E-state index is -3.66. The van der Waals surface area contributed by atoms with Gasteiger partial charge >= 0.3 is 5.97 Å². The largest absolute Gasteiger partial charge is 0.490 e. The average Bonchev–Trinajstić information content (AvgIpc) is 2.80. The van der Waals surface area contributed by atoms with Crippen molar-refractivity contribution in [3.8, 4) is 17.2 Å². The molecule has 3 rings (SSSR count). The summed E-state index contributed by atoms with van der Waals surface area (Å²) in [5.74, 6) is -0.558. The zero-order chi connectivity index (χ0) is 23.8. The fraction of sp³-hybridized carbons (Fsp3) is 0.458. The monoisotopic (exact) mass is 476 g/mol. The van der Waals surface area contributed by atoms with E-state index in [2.05, 4.69) is 10.0 Å². The van der Waals surface area contributed by atoms with Crippen LogP contribution in [0.3, 0.4) is 0 Å². The molecule has 0 spiro atoms. The number of nitrogens with one attached hydrogen (secondary N) is 2. The fourth-order valence-corrected chi connectivity index (χ4v) is 4.90. The lowest BCUT2D eigenvalue weighted by atomic mass is 9.99. The standard InChI is InChI=1S/C24H32N2O6S/c1-3-4-16-33(29,30)26-23-21(17(2)24(27)28)6-5-7-22(23)32-19-10-8-18(9-11-19)31-20-12-14-25-15-13-20/h5-11,17,20,25-26H,3-4,12-16H2,1-2H3,(H,27,28). The quantitative estimate of drug-likeness (QED) is 0.442. The second-order valence-electron chi connectivity index (χ2n) is 8.20. The lowest BCUT2D eigenvalue weighted by Crippen LogP contribution is -2.34. The molecule has 0 saturated carbocycles. The number of piperidine rings is 1. The Kier molecular flexibility index (Phi) is 8.57. The van der Waals surface area contributed by atoms with Crippen molar-refractivity contribution in [1.29, 1.82) is 0 Å². The number of aliphatic carboxylic acids is 1. The molecule has 0 bridgehead atoms. The molecule has 180 valence electrons. The molecular formula is C24H32N2O6S. The molecule has 2 aromatic carbocycles. The maximum Gasteiger partial charge on any atom is 0.310 e. The number of hydrogen-bond acceptors (Lipinski definition) is 6. The van der Waals surface area contributed by atoms with E-state index >= 15 is 0 Å². The number of hydrogen-bond donors (Lipinski definition) is 3. The van der Waals surface area contributed by atoms with E-state index in [1.807, 2.05) is 19.1 Å². The lowest BCUT2D eigenvalue weighted by Gasteiger charge is -2.24. The number of rotatable bonds is 11. The predicted octanol–water partition coefficient (Wildman–Crippen LogP) is 4.34. The maximum atomic E-state index is 12.6. The molecule has 0 aromatic heterocycles. The highest BCUT2D eigenvalue weighted by molar-refractivity contribution is 7.92. The van der Waals surface area contributed by atoms with Crippen LogP contribution in [0.15, 0.2) is 42.5 Å². The van der Waals surface area contributed by atoms with Gasteiger partial charge in [-0.3, -0.25) is 9.52 Å². The smallest absolute Gasteiger partial charge is 0.310 e. The van der Waals surface area contributed by atoms with Gasteiger partial charge in [0.2, 0.25) is 10.0 Å². The average molecular weight is 477 g/mol. The Balaban J connectivity index is 1.83. The van der Waals surface area contributed by atoms with Gasteiger partial charge in [0, 0.05) is 0 Å². The number of carboxylic acids is 1. The molecule has 1 saturated heterocycles. The first-order chi connectivity index (χ1) is 15.8. The van der Waals surface area contributed by atoms with E-state index < -0.39 is 21.9 Å². The predicted molar refractivity (Wildman–Crippen MR) is 128 cm³/mol. The van der Waals surface area contributed by atoms with E-state index in [-0.39, 0.29) is 23.3 Å². The van der Waals surface area contributed by atoms with Crippen LogP contribution in [0.2, 0.25) is 0 Å². The van der Waals surface area contributed by atoms with Gasteiger partial charge in [-0.25, -0.2) is 8.42 Å². The molecule has 0 aliphatic carbocycles. The first-order valence-electron chi connectivity index (χ1n) is 11.3. The van der Waals surface area contributed by atoms with Gasteiger partial charge in [-0.1, -0.05) is 25.5 Å². The van der Waals surface area contributed by atoms with E-state index in [1.165, 1.54) is 6.92 Å². The molecule has 1 aliphatic heterocycles. The van der Waals surface area contributed by atoms with Gasteiger partial charge in [-0.05, 0) is 75.2 Å². The molecule has 1 atom stereocenters. The van der Waals surface area contributed by atoms with Crippen LogP contribution in [0.5, 0.6) is 17.2 Å². The number of para-hydroxylation sites is 1. The van der Waals surface area contributed by atoms with Crippen LogP contribution in [0.4, 0.5) is 5.69 Å². The van der Waals surface area contributed by atoms with E-state index in [0.717, 1.165) is 38.1 Å². The number of ether oxygens (including phenoxy) is 2. The van der Waals surface area contributed by atoms with Crippen molar-refractivity contribution in [3.63, 3.8) is 0 Å². The molecule has 8 nitrogen and oxygen atoms in total. The first kappa shape index (κ1) is 24.9. The van der Waals surface area contributed by atoms with Crippen molar-refractivity contribution >= 4 is 21.7 Å². The van der Waals surface area contributed by atoms with Gasteiger partial charge in [0.15, 0.2) is 5.75 Å². The summed E-state index contributed by atoms with van der Waals surface area (Å²) in [7, 11) is -3.66. The topological polar surface area (TPSA) is 114 Å². The lowest BCUT2D eigenvalue weighted by molar-refractivity contribution is -0.138. The van der Waals surface area contributed by atoms with Crippen LogP contribution in [-0.4, -0.2) is 44.4 Å². The summed E-state index contributed by atoms with van der Waals surface area (Å²) in [6, 6.07) is 12.0. The number of unbranched alkanes of at least 4 members (excludes halogenated alkanes) is 1. The number of anilines is 1. The van der Waals surface area contributed by atoms with E-state index in [1.54, 1.807) is 30.3 Å². The van der Waals surface area contributed by atoms with Crippen molar-refractivity contribution < 1.29 is 27.8 Å². The first-order valence-corrected chi connectivity index (χ1v) is 13.0. The van der Waals surface area contributed by atoms with Crippen LogP contribution in [0.1, 0.15) is 51.0 Å². The molecule has 1 aliphatic rings. The number of sulfonamides is 1. The molecule has 9 heteroatoms. The summed E-state index contributed by atoms with van der Waals surface area (Å²) in [6.45, 7) is 5.29. The minimum absolute atomic E-state index is 0.0541. The third kappa shape index (κ3) is 7.10. The number of carboxylic acid groups (broad SMARTS) is 1.